The van der Waals surface area contributed by atoms with Gasteiger partial charge in [0, 0.05) is 12.3 Å². The van der Waals surface area contributed by atoms with Crippen LogP contribution in [0.4, 0.5) is 0 Å². The third-order valence-corrected chi connectivity index (χ3v) is 5.09. The largest absolute Gasteiger partial charge is 0.374 e. The summed E-state index contributed by atoms with van der Waals surface area (Å²) in [6.45, 7) is 1.26. The number of ether oxygens (including phenoxy) is 2. The fourth-order valence-corrected chi connectivity index (χ4v) is 3.56. The second kappa shape index (κ2) is 9.03. The van der Waals surface area contributed by atoms with Gasteiger partial charge in [0.2, 0.25) is 0 Å². The maximum atomic E-state index is 12.9. The molecule has 3 aromatic rings. The number of nitrogens with zero attached hydrogens (tertiary/aromatic N) is 2. The van der Waals surface area contributed by atoms with E-state index in [1.54, 1.807) is 0 Å². The number of benzene rings is 2. The van der Waals surface area contributed by atoms with E-state index in [0.717, 1.165) is 17.5 Å². The molecule has 2 aromatic carbocycles. The van der Waals surface area contributed by atoms with Crippen molar-refractivity contribution in [2.24, 2.45) is 0 Å². The van der Waals surface area contributed by atoms with Gasteiger partial charge in [0.05, 0.1) is 25.9 Å². The lowest BCUT2D eigenvalue weighted by Gasteiger charge is -2.17. The first kappa shape index (κ1) is 19.4. The van der Waals surface area contributed by atoms with Crippen LogP contribution in [0.2, 0.25) is 0 Å². The van der Waals surface area contributed by atoms with Crippen molar-refractivity contribution < 1.29 is 9.47 Å². The minimum absolute atomic E-state index is 0.0647. The van der Waals surface area contributed by atoms with Crippen LogP contribution in [0, 0.1) is 0 Å². The highest BCUT2D eigenvalue weighted by atomic mass is 16.6. The molecule has 0 unspecified atom stereocenters. The van der Waals surface area contributed by atoms with E-state index in [4.69, 9.17) is 9.47 Å². The maximum Gasteiger partial charge on any atom is 0.333 e. The zero-order valence-electron chi connectivity index (χ0n) is 16.1. The highest BCUT2D eigenvalue weighted by molar-refractivity contribution is 5.15. The third-order valence-electron chi connectivity index (χ3n) is 5.09. The number of aromatic nitrogens is 2. The summed E-state index contributed by atoms with van der Waals surface area (Å²) in [5.41, 5.74) is 1.36. The molecule has 29 heavy (non-hydrogen) atoms. The van der Waals surface area contributed by atoms with E-state index in [1.807, 2.05) is 60.7 Å². The number of rotatable bonds is 7. The molecule has 4 rings (SSSR count). The molecule has 2 heterocycles. The monoisotopic (exact) mass is 392 g/mol. The van der Waals surface area contributed by atoms with Crippen molar-refractivity contribution >= 4 is 0 Å². The summed E-state index contributed by atoms with van der Waals surface area (Å²) in [5.74, 6) is 0. The van der Waals surface area contributed by atoms with Crippen LogP contribution < -0.4 is 11.2 Å². The van der Waals surface area contributed by atoms with Crippen molar-refractivity contribution in [3.8, 4) is 0 Å². The molecule has 2 atom stereocenters. The van der Waals surface area contributed by atoms with Crippen LogP contribution in [-0.4, -0.2) is 21.8 Å². The van der Waals surface area contributed by atoms with Gasteiger partial charge in [0.1, 0.15) is 6.23 Å². The molecule has 1 aliphatic heterocycles. The summed E-state index contributed by atoms with van der Waals surface area (Å²) >= 11 is 0. The molecule has 0 N–H and O–H groups in total. The lowest BCUT2D eigenvalue weighted by molar-refractivity contribution is -0.0466. The van der Waals surface area contributed by atoms with E-state index in [1.165, 1.54) is 21.4 Å². The smallest absolute Gasteiger partial charge is 0.333 e. The summed E-state index contributed by atoms with van der Waals surface area (Å²) in [6.07, 6.45) is 2.61. The Kier molecular flexibility index (Phi) is 6.03. The van der Waals surface area contributed by atoms with Crippen molar-refractivity contribution in [1.29, 1.82) is 0 Å². The van der Waals surface area contributed by atoms with Gasteiger partial charge in [-0.05, 0) is 24.0 Å². The zero-order valence-corrected chi connectivity index (χ0v) is 16.1. The maximum absolute atomic E-state index is 12.9. The lowest BCUT2D eigenvalue weighted by Crippen LogP contribution is -2.40. The molecule has 1 fully saturated rings. The lowest BCUT2D eigenvalue weighted by atomic mass is 10.2. The molecule has 1 aliphatic rings. The quantitative estimate of drug-likeness (QED) is 0.620. The second-order valence-electron chi connectivity index (χ2n) is 7.21. The molecule has 0 radical (unpaired) electrons. The van der Waals surface area contributed by atoms with Gasteiger partial charge in [-0.25, -0.2) is 4.79 Å². The Hall–Kier alpha value is -2.96. The number of hydrogen-bond acceptors (Lipinski definition) is 4. The van der Waals surface area contributed by atoms with Gasteiger partial charge in [-0.1, -0.05) is 60.7 Å². The van der Waals surface area contributed by atoms with Gasteiger partial charge in [-0.3, -0.25) is 13.9 Å². The Balaban J connectivity index is 1.40. The minimum Gasteiger partial charge on any atom is -0.374 e. The second-order valence-corrected chi connectivity index (χ2v) is 7.21. The zero-order chi connectivity index (χ0) is 20.1. The van der Waals surface area contributed by atoms with Crippen molar-refractivity contribution in [3.63, 3.8) is 0 Å². The van der Waals surface area contributed by atoms with Crippen molar-refractivity contribution in [2.75, 3.05) is 6.61 Å². The minimum atomic E-state index is -0.379. The molecule has 150 valence electrons. The molecular formula is C23H24N2O4. The fraction of sp³-hybridized carbons (Fsp3) is 0.304. The average Bonchev–Trinajstić information content (AvgIpc) is 3.21. The van der Waals surface area contributed by atoms with Crippen LogP contribution in [0.15, 0.2) is 82.5 Å². The molecule has 6 nitrogen and oxygen atoms in total. The normalized spacial score (nSPS) is 18.8. The first-order chi connectivity index (χ1) is 14.2. The Labute approximate surface area is 169 Å². The third kappa shape index (κ3) is 4.72. The molecule has 1 aromatic heterocycles. The van der Waals surface area contributed by atoms with Gasteiger partial charge in [-0.15, -0.1) is 0 Å². The Morgan fingerprint density at radius 1 is 0.897 bits per heavy atom. The van der Waals surface area contributed by atoms with Crippen LogP contribution in [0.1, 0.15) is 30.2 Å². The van der Waals surface area contributed by atoms with E-state index in [-0.39, 0.29) is 30.1 Å². The van der Waals surface area contributed by atoms with Crippen molar-refractivity contribution in [2.45, 2.75) is 38.3 Å². The topological polar surface area (TPSA) is 62.5 Å². The van der Waals surface area contributed by atoms with E-state index in [2.05, 4.69) is 0 Å². The molecule has 0 bridgehead atoms. The molecule has 0 aliphatic carbocycles. The highest BCUT2D eigenvalue weighted by Gasteiger charge is 2.28. The van der Waals surface area contributed by atoms with E-state index < -0.39 is 0 Å². The van der Waals surface area contributed by atoms with E-state index in [0.29, 0.717) is 19.6 Å². The summed E-state index contributed by atoms with van der Waals surface area (Å²) in [5, 5.41) is 0. The van der Waals surface area contributed by atoms with Gasteiger partial charge in [0.25, 0.3) is 5.56 Å². The van der Waals surface area contributed by atoms with Crippen molar-refractivity contribution in [3.05, 3.63) is 105 Å². The standard InChI is InChI=1S/C23H24N2O4/c26-21-13-14-24(23(27)25(21)15-18-7-3-1-4-8-18)22-12-11-20(29-22)17-28-16-19-9-5-2-6-10-19/h1-10,13-14,20,22H,11-12,15-17H2/t20-,22+/m0/s1. The highest BCUT2D eigenvalue weighted by Crippen LogP contribution is 2.27. The molecular weight excluding hydrogens is 368 g/mol. The summed E-state index contributed by atoms with van der Waals surface area (Å²) in [7, 11) is 0. The molecule has 0 saturated carbocycles. The van der Waals surface area contributed by atoms with Crippen LogP contribution in [0.3, 0.4) is 0 Å². The first-order valence-corrected chi connectivity index (χ1v) is 9.84. The van der Waals surface area contributed by atoms with Gasteiger partial charge >= 0.3 is 5.69 Å². The predicted molar refractivity (Wildman–Crippen MR) is 110 cm³/mol. The Morgan fingerprint density at radius 3 is 2.31 bits per heavy atom. The van der Waals surface area contributed by atoms with Crippen LogP contribution >= 0.6 is 0 Å². The van der Waals surface area contributed by atoms with Crippen molar-refractivity contribution in [1.82, 2.24) is 9.13 Å². The van der Waals surface area contributed by atoms with Gasteiger partial charge in [-0.2, -0.15) is 0 Å². The Morgan fingerprint density at radius 2 is 1.59 bits per heavy atom. The summed E-state index contributed by atoms with van der Waals surface area (Å²) in [4.78, 5) is 25.1. The average molecular weight is 392 g/mol. The Bertz CT molecular complexity index is 1040. The first-order valence-electron chi connectivity index (χ1n) is 9.84. The predicted octanol–water partition coefficient (Wildman–Crippen LogP) is 2.95. The SMILES string of the molecule is O=c1ccn([C@H]2CC[C@@H](COCc3ccccc3)O2)c(=O)n1Cc1ccccc1. The van der Waals surface area contributed by atoms with Gasteiger partial charge in [0.15, 0.2) is 0 Å². The van der Waals surface area contributed by atoms with E-state index >= 15 is 0 Å². The van der Waals surface area contributed by atoms with Crippen LogP contribution in [0.25, 0.3) is 0 Å². The number of hydrogen-bond donors (Lipinski definition) is 0. The molecule has 0 amide bonds. The van der Waals surface area contributed by atoms with Gasteiger partial charge < -0.3 is 9.47 Å². The fourth-order valence-electron chi connectivity index (χ4n) is 3.56. The summed E-state index contributed by atoms with van der Waals surface area (Å²) < 4.78 is 14.6. The molecule has 1 saturated heterocycles. The van der Waals surface area contributed by atoms with Crippen LogP contribution in [-0.2, 0) is 22.6 Å². The summed E-state index contributed by atoms with van der Waals surface area (Å²) in [6, 6.07) is 20.9. The molecule has 6 heteroatoms. The van der Waals surface area contributed by atoms with E-state index in [9.17, 15) is 9.59 Å². The molecule has 0 spiro atoms. The van der Waals surface area contributed by atoms with Crippen LogP contribution in [0.5, 0.6) is 0 Å².